The van der Waals surface area contributed by atoms with E-state index in [2.05, 4.69) is 9.72 Å². The lowest BCUT2D eigenvalue weighted by Crippen LogP contribution is -2.14. The minimum atomic E-state index is -5.17. The Labute approximate surface area is 85.9 Å². The molecular formula is C8H5F6NO. The van der Waals surface area contributed by atoms with Crippen LogP contribution in [0.1, 0.15) is 17.7 Å². The van der Waals surface area contributed by atoms with Gasteiger partial charge in [-0.05, 0) is 0 Å². The molecule has 0 aliphatic carbocycles. The van der Waals surface area contributed by atoms with E-state index in [0.717, 1.165) is 7.11 Å². The lowest BCUT2D eigenvalue weighted by Gasteiger charge is -2.13. The second-order valence-electron chi connectivity index (χ2n) is 2.71. The SMILES string of the molecule is COc1cc(F)c(C(F)F)c(C(F)(F)F)n1. The number of aromatic nitrogens is 1. The van der Waals surface area contributed by atoms with Gasteiger partial charge in [0.15, 0.2) is 5.69 Å². The maximum atomic E-state index is 13.0. The van der Waals surface area contributed by atoms with Gasteiger partial charge in [0.05, 0.1) is 12.7 Å². The van der Waals surface area contributed by atoms with Gasteiger partial charge < -0.3 is 4.74 Å². The standard InChI is InChI=1S/C8H5F6NO/c1-16-4-2-3(9)5(7(10)11)6(15-4)8(12,13)14/h2,7H,1H3. The molecule has 90 valence electrons. The van der Waals surface area contributed by atoms with Crippen molar-refractivity contribution in [2.45, 2.75) is 12.6 Å². The molecule has 1 aromatic heterocycles. The van der Waals surface area contributed by atoms with Crippen LogP contribution in [0.5, 0.6) is 5.88 Å². The summed E-state index contributed by atoms with van der Waals surface area (Å²) in [5.74, 6) is -2.41. The molecule has 0 saturated heterocycles. The van der Waals surface area contributed by atoms with Crippen molar-refractivity contribution in [2.75, 3.05) is 7.11 Å². The highest BCUT2D eigenvalue weighted by atomic mass is 19.4. The van der Waals surface area contributed by atoms with Crippen molar-refractivity contribution >= 4 is 0 Å². The molecule has 1 rings (SSSR count). The Morgan fingerprint density at radius 3 is 2.25 bits per heavy atom. The number of halogens is 6. The normalized spacial score (nSPS) is 12.0. The van der Waals surface area contributed by atoms with Gasteiger partial charge in [-0.15, -0.1) is 0 Å². The molecule has 0 aromatic carbocycles. The molecular weight excluding hydrogens is 240 g/mol. The number of pyridine rings is 1. The first-order valence-electron chi connectivity index (χ1n) is 3.87. The van der Waals surface area contributed by atoms with Crippen LogP contribution in [0.3, 0.4) is 0 Å². The molecule has 0 unspecified atom stereocenters. The van der Waals surface area contributed by atoms with Gasteiger partial charge in [0.25, 0.3) is 6.43 Å². The van der Waals surface area contributed by atoms with E-state index in [9.17, 15) is 26.3 Å². The van der Waals surface area contributed by atoms with Gasteiger partial charge in [-0.2, -0.15) is 13.2 Å². The molecule has 0 bridgehead atoms. The van der Waals surface area contributed by atoms with Gasteiger partial charge in [-0.1, -0.05) is 0 Å². The topological polar surface area (TPSA) is 22.1 Å². The number of ether oxygens (including phenoxy) is 1. The summed E-state index contributed by atoms with van der Waals surface area (Å²) in [7, 11) is 0.948. The molecule has 0 aliphatic heterocycles. The van der Waals surface area contributed by atoms with E-state index in [1.807, 2.05) is 0 Å². The van der Waals surface area contributed by atoms with Crippen molar-refractivity contribution < 1.29 is 31.1 Å². The van der Waals surface area contributed by atoms with Gasteiger partial charge in [-0.3, -0.25) is 0 Å². The summed E-state index contributed by atoms with van der Waals surface area (Å²) in [5, 5.41) is 0. The quantitative estimate of drug-likeness (QED) is 0.746. The number of nitrogens with zero attached hydrogens (tertiary/aromatic N) is 1. The van der Waals surface area contributed by atoms with Crippen LogP contribution in [-0.2, 0) is 6.18 Å². The smallest absolute Gasteiger partial charge is 0.434 e. The van der Waals surface area contributed by atoms with Gasteiger partial charge in [-0.25, -0.2) is 18.2 Å². The molecule has 0 radical (unpaired) electrons. The second-order valence-corrected chi connectivity index (χ2v) is 2.71. The van der Waals surface area contributed by atoms with E-state index in [1.165, 1.54) is 0 Å². The number of hydrogen-bond donors (Lipinski definition) is 0. The van der Waals surface area contributed by atoms with Crippen LogP contribution < -0.4 is 4.74 Å². The first kappa shape index (κ1) is 12.6. The monoisotopic (exact) mass is 245 g/mol. The highest BCUT2D eigenvalue weighted by Gasteiger charge is 2.40. The Balaban J connectivity index is 3.47. The molecule has 0 atom stereocenters. The molecule has 0 aliphatic rings. The Morgan fingerprint density at radius 1 is 1.31 bits per heavy atom. The van der Waals surface area contributed by atoms with Crippen molar-refractivity contribution in [1.29, 1.82) is 0 Å². The highest BCUT2D eigenvalue weighted by Crippen LogP contribution is 2.37. The van der Waals surface area contributed by atoms with E-state index in [-0.39, 0.29) is 0 Å². The van der Waals surface area contributed by atoms with E-state index in [1.54, 1.807) is 0 Å². The Morgan fingerprint density at radius 2 is 1.88 bits per heavy atom. The Hall–Kier alpha value is -1.47. The van der Waals surface area contributed by atoms with Crippen molar-refractivity contribution in [3.05, 3.63) is 23.1 Å². The molecule has 0 amide bonds. The maximum Gasteiger partial charge on any atom is 0.434 e. The van der Waals surface area contributed by atoms with Crippen LogP contribution in [0.4, 0.5) is 26.3 Å². The molecule has 0 saturated carbocycles. The fraction of sp³-hybridized carbons (Fsp3) is 0.375. The average molecular weight is 245 g/mol. The maximum absolute atomic E-state index is 13.0. The summed E-state index contributed by atoms with van der Waals surface area (Å²) >= 11 is 0. The van der Waals surface area contributed by atoms with Crippen LogP contribution >= 0.6 is 0 Å². The Kier molecular flexibility index (Phi) is 3.30. The summed E-state index contributed by atoms with van der Waals surface area (Å²) in [6, 6.07) is 0.372. The number of rotatable bonds is 2. The van der Waals surface area contributed by atoms with E-state index >= 15 is 0 Å². The van der Waals surface area contributed by atoms with Crippen LogP contribution in [0.15, 0.2) is 6.07 Å². The lowest BCUT2D eigenvalue weighted by atomic mass is 10.2. The van der Waals surface area contributed by atoms with Crippen LogP contribution in [0, 0.1) is 5.82 Å². The van der Waals surface area contributed by atoms with Crippen molar-refractivity contribution in [2.24, 2.45) is 0 Å². The number of hydrogen-bond acceptors (Lipinski definition) is 2. The first-order chi connectivity index (χ1) is 7.27. The number of methoxy groups -OCH3 is 1. The minimum Gasteiger partial charge on any atom is -0.481 e. The van der Waals surface area contributed by atoms with Crippen LogP contribution in [0.2, 0.25) is 0 Å². The third-order valence-corrected chi connectivity index (χ3v) is 1.68. The zero-order chi connectivity index (χ0) is 12.5. The van der Waals surface area contributed by atoms with E-state index in [0.29, 0.717) is 6.07 Å². The largest absolute Gasteiger partial charge is 0.481 e. The number of alkyl halides is 5. The first-order valence-corrected chi connectivity index (χ1v) is 3.87. The zero-order valence-electron chi connectivity index (χ0n) is 7.78. The fourth-order valence-electron chi connectivity index (χ4n) is 1.03. The molecule has 2 nitrogen and oxygen atoms in total. The van der Waals surface area contributed by atoms with E-state index < -0.39 is 35.6 Å². The summed E-state index contributed by atoms with van der Waals surface area (Å²) < 4.78 is 78.6. The Bertz CT molecular complexity index is 389. The van der Waals surface area contributed by atoms with Crippen LogP contribution in [-0.4, -0.2) is 12.1 Å². The summed E-state index contributed by atoms with van der Waals surface area (Å²) in [5.41, 5.74) is -3.74. The van der Waals surface area contributed by atoms with Crippen LogP contribution in [0.25, 0.3) is 0 Å². The van der Waals surface area contributed by atoms with Gasteiger partial charge in [0.1, 0.15) is 5.82 Å². The molecule has 8 heteroatoms. The van der Waals surface area contributed by atoms with Crippen molar-refractivity contribution in [3.63, 3.8) is 0 Å². The van der Waals surface area contributed by atoms with Gasteiger partial charge >= 0.3 is 6.18 Å². The van der Waals surface area contributed by atoms with Gasteiger partial charge in [0, 0.05) is 6.07 Å². The van der Waals surface area contributed by atoms with E-state index in [4.69, 9.17) is 0 Å². The molecule has 1 aromatic rings. The zero-order valence-corrected chi connectivity index (χ0v) is 7.78. The molecule has 0 N–H and O–H groups in total. The van der Waals surface area contributed by atoms with Crippen molar-refractivity contribution in [3.8, 4) is 5.88 Å². The van der Waals surface area contributed by atoms with Crippen molar-refractivity contribution in [1.82, 2.24) is 4.98 Å². The molecule has 0 spiro atoms. The predicted molar refractivity (Wildman–Crippen MR) is 40.7 cm³/mol. The summed E-state index contributed by atoms with van der Waals surface area (Å²) in [6.45, 7) is 0. The minimum absolute atomic E-state index is 0.372. The predicted octanol–water partition coefficient (Wildman–Crippen LogP) is 3.19. The summed E-state index contributed by atoms with van der Waals surface area (Å²) in [4.78, 5) is 2.78. The highest BCUT2D eigenvalue weighted by molar-refractivity contribution is 5.30. The molecule has 16 heavy (non-hydrogen) atoms. The van der Waals surface area contributed by atoms with Gasteiger partial charge in [0.2, 0.25) is 5.88 Å². The summed E-state index contributed by atoms with van der Waals surface area (Å²) in [6.07, 6.45) is -8.77. The third-order valence-electron chi connectivity index (χ3n) is 1.68. The lowest BCUT2D eigenvalue weighted by molar-refractivity contribution is -0.143. The average Bonchev–Trinajstić information content (AvgIpc) is 2.14. The molecule has 1 heterocycles. The molecule has 0 fully saturated rings. The second kappa shape index (κ2) is 4.18. The fourth-order valence-corrected chi connectivity index (χ4v) is 1.03. The third kappa shape index (κ3) is 2.37.